The highest BCUT2D eigenvalue weighted by Crippen LogP contribution is 2.40. The van der Waals surface area contributed by atoms with Gasteiger partial charge in [-0.2, -0.15) is 0 Å². The Morgan fingerprint density at radius 3 is 2.72 bits per heavy atom. The molecule has 0 radical (unpaired) electrons. The van der Waals surface area contributed by atoms with E-state index < -0.39 is 39.0 Å². The molecule has 1 fully saturated rings. The van der Waals surface area contributed by atoms with E-state index in [1.165, 1.54) is 31.4 Å². The lowest BCUT2D eigenvalue weighted by molar-refractivity contribution is 0.180. The number of aliphatic hydroxyl groups excluding tert-OH is 1. The number of ether oxygens (including phenoxy) is 2. The second kappa shape index (κ2) is 13.9. The van der Waals surface area contributed by atoms with E-state index >= 15 is 8.78 Å². The number of hydrogen-bond donors (Lipinski definition) is 4. The third kappa shape index (κ3) is 7.00. The highest BCUT2D eigenvalue weighted by molar-refractivity contribution is 7.92. The Labute approximate surface area is 276 Å². The molecule has 3 aromatic carbocycles. The predicted octanol–water partition coefficient (Wildman–Crippen LogP) is 5.83. The number of nitrogens with zero attached hydrogens (tertiary/aromatic N) is 2. The van der Waals surface area contributed by atoms with Crippen molar-refractivity contribution in [2.24, 2.45) is 5.92 Å². The first-order valence-electron chi connectivity index (χ1n) is 15.4. The van der Waals surface area contributed by atoms with Crippen LogP contribution in [-0.4, -0.2) is 63.5 Å². The van der Waals surface area contributed by atoms with E-state index in [0.29, 0.717) is 53.3 Å². The zero-order valence-corrected chi connectivity index (χ0v) is 27.5. The van der Waals surface area contributed by atoms with Crippen LogP contribution >= 0.6 is 11.6 Å². The quantitative estimate of drug-likeness (QED) is 0.136. The Hall–Kier alpha value is -3.62. The van der Waals surface area contributed by atoms with Crippen molar-refractivity contribution in [3.63, 3.8) is 0 Å². The number of anilines is 2. The van der Waals surface area contributed by atoms with Gasteiger partial charge in [-0.05, 0) is 97.7 Å². The Balaban J connectivity index is 1.26. The minimum Gasteiger partial charge on any atom is -0.494 e. The van der Waals surface area contributed by atoms with Crippen LogP contribution in [0.3, 0.4) is 0 Å². The van der Waals surface area contributed by atoms with Crippen molar-refractivity contribution in [2.75, 3.05) is 44.0 Å². The van der Waals surface area contributed by atoms with Crippen LogP contribution in [0.15, 0.2) is 47.5 Å². The summed E-state index contributed by atoms with van der Waals surface area (Å²) < 4.78 is 71.1. The maximum absolute atomic E-state index is 16.0. The number of methoxy groups -OCH3 is 2. The van der Waals surface area contributed by atoms with Crippen molar-refractivity contribution < 1.29 is 31.8 Å². The van der Waals surface area contributed by atoms with E-state index in [9.17, 15) is 13.5 Å². The smallest absolute Gasteiger partial charge is 0.262 e. The molecule has 0 bridgehead atoms. The zero-order valence-electron chi connectivity index (χ0n) is 25.9. The lowest BCUT2D eigenvalue weighted by atomic mass is 10.0. The van der Waals surface area contributed by atoms with Gasteiger partial charge >= 0.3 is 0 Å². The second-order valence-corrected chi connectivity index (χ2v) is 14.0. The highest BCUT2D eigenvalue weighted by Gasteiger charge is 2.31. The van der Waals surface area contributed by atoms with Gasteiger partial charge in [0.25, 0.3) is 10.0 Å². The number of benzene rings is 3. The van der Waals surface area contributed by atoms with Gasteiger partial charge in [-0.3, -0.25) is 4.72 Å². The number of nitrogens with one attached hydrogen (secondary N) is 3. The summed E-state index contributed by atoms with van der Waals surface area (Å²) in [5.41, 5.74) is 0.497. The summed E-state index contributed by atoms with van der Waals surface area (Å²) in [6, 6.07) is 7.99. The van der Waals surface area contributed by atoms with Gasteiger partial charge < -0.3 is 25.2 Å². The van der Waals surface area contributed by atoms with E-state index in [4.69, 9.17) is 21.1 Å². The first-order valence-corrected chi connectivity index (χ1v) is 17.3. The van der Waals surface area contributed by atoms with Gasteiger partial charge in [0.05, 0.1) is 36.0 Å². The summed E-state index contributed by atoms with van der Waals surface area (Å²) in [6.45, 7) is 2.40. The zero-order chi connectivity index (χ0) is 33.3. The van der Waals surface area contributed by atoms with E-state index in [2.05, 4.69) is 25.3 Å². The van der Waals surface area contributed by atoms with Gasteiger partial charge in [-0.25, -0.2) is 27.2 Å². The fourth-order valence-corrected chi connectivity index (χ4v) is 8.18. The lowest BCUT2D eigenvalue weighted by Crippen LogP contribution is -2.26. The van der Waals surface area contributed by atoms with Crippen LogP contribution in [0.5, 0.6) is 5.75 Å². The molecule has 1 saturated carbocycles. The molecule has 0 saturated heterocycles. The molecule has 2 aliphatic rings. The summed E-state index contributed by atoms with van der Waals surface area (Å²) in [7, 11) is -1.25. The molecule has 14 heteroatoms. The molecular weight excluding hydrogens is 652 g/mol. The first kappa shape index (κ1) is 33.3. The van der Waals surface area contributed by atoms with Crippen molar-refractivity contribution in [1.29, 1.82) is 0 Å². The predicted molar refractivity (Wildman–Crippen MR) is 176 cm³/mol. The Morgan fingerprint density at radius 2 is 1.94 bits per heavy atom. The van der Waals surface area contributed by atoms with Crippen molar-refractivity contribution in [3.8, 4) is 16.9 Å². The van der Waals surface area contributed by atoms with Crippen LogP contribution in [0, 0.1) is 17.6 Å². The van der Waals surface area contributed by atoms with E-state index in [-0.39, 0.29) is 27.3 Å². The molecule has 250 valence electrons. The van der Waals surface area contributed by atoms with Gasteiger partial charge in [0.2, 0.25) is 5.95 Å². The Kier molecular flexibility index (Phi) is 9.81. The second-order valence-electron chi connectivity index (χ2n) is 11.9. The van der Waals surface area contributed by atoms with Gasteiger partial charge in [0.1, 0.15) is 17.1 Å². The number of fused-ring (bicyclic) bond motifs is 2. The van der Waals surface area contributed by atoms with Crippen LogP contribution in [0.1, 0.15) is 42.9 Å². The maximum Gasteiger partial charge on any atom is 0.262 e. The van der Waals surface area contributed by atoms with Gasteiger partial charge in [0, 0.05) is 36.3 Å². The summed E-state index contributed by atoms with van der Waals surface area (Å²) in [5.74, 6) is -0.778. The Bertz CT molecular complexity index is 1910. The van der Waals surface area contributed by atoms with Crippen LogP contribution in [-0.2, 0) is 21.2 Å². The third-order valence-corrected chi connectivity index (χ3v) is 10.5. The highest BCUT2D eigenvalue weighted by atomic mass is 35.5. The normalized spacial score (nSPS) is 19.2. The monoisotopic (exact) mass is 687 g/mol. The number of sulfonamides is 1. The van der Waals surface area contributed by atoms with Crippen molar-refractivity contribution in [3.05, 3.63) is 70.4 Å². The van der Waals surface area contributed by atoms with Crippen LogP contribution in [0.2, 0.25) is 5.02 Å². The van der Waals surface area contributed by atoms with Crippen molar-refractivity contribution in [2.45, 2.75) is 49.1 Å². The fraction of sp³-hybridized carbons (Fsp3) is 0.394. The number of hydrogen-bond acceptors (Lipinski definition) is 9. The lowest BCUT2D eigenvalue weighted by Gasteiger charge is -2.17. The molecule has 0 aliphatic heterocycles. The number of rotatable bonds is 12. The molecule has 2 aliphatic carbocycles. The minimum atomic E-state index is -4.36. The molecule has 1 aromatic heterocycles. The fourth-order valence-electron chi connectivity index (χ4n) is 6.51. The summed E-state index contributed by atoms with van der Waals surface area (Å²) in [4.78, 5) is 8.95. The molecule has 4 N–H and O–H groups in total. The molecule has 0 unspecified atom stereocenters. The van der Waals surface area contributed by atoms with Crippen molar-refractivity contribution in [1.82, 2.24) is 15.3 Å². The topological polar surface area (TPSA) is 135 Å². The summed E-state index contributed by atoms with van der Waals surface area (Å²) >= 11 is 6.16. The van der Waals surface area contributed by atoms with E-state index in [1.807, 2.05) is 0 Å². The van der Waals surface area contributed by atoms with Crippen LogP contribution < -0.4 is 20.1 Å². The Morgan fingerprint density at radius 1 is 1.11 bits per heavy atom. The average molecular weight is 688 g/mol. The maximum atomic E-state index is 16.0. The molecule has 10 nitrogen and oxygen atoms in total. The van der Waals surface area contributed by atoms with Crippen LogP contribution in [0.4, 0.5) is 20.4 Å². The molecular formula is C33H36ClF2N5O5S. The number of aromatic nitrogens is 2. The standard InChI is InChI=1S/C33H36ClF2N5O5S/c1-45-10-9-37-16-18-3-4-22(11-18)39-33-38-17-20-12-19(13-28(46-2)32(20)40-33)30-25(35)6-7-26(31(30)36)41-47(43,44)29-15-21(34)14-24-23(29)5-8-27(24)42/h6-7,12-15,17-18,22,27,37,41-42H,3-5,8-11,16H2,1-2H3,(H,38,39,40)/t18-,22-,27-/m1/s1. The molecule has 1 heterocycles. The minimum absolute atomic E-state index is 0.112. The molecule has 4 aromatic rings. The molecule has 47 heavy (non-hydrogen) atoms. The van der Waals surface area contributed by atoms with Gasteiger partial charge in [-0.15, -0.1) is 0 Å². The molecule has 6 rings (SSSR count). The van der Waals surface area contributed by atoms with Gasteiger partial charge in [-0.1, -0.05) is 11.6 Å². The molecule has 0 spiro atoms. The third-order valence-electron chi connectivity index (χ3n) is 8.81. The SMILES string of the molecule is COCCNC[C@@H]1CC[C@@H](Nc2ncc3cc(-c4c(F)ccc(NS(=O)(=O)c5cc(Cl)cc6c5CC[C@H]6O)c4F)cc(OC)c3n2)C1. The van der Waals surface area contributed by atoms with Crippen molar-refractivity contribution >= 4 is 44.2 Å². The van der Waals surface area contributed by atoms with E-state index in [0.717, 1.165) is 44.5 Å². The first-order chi connectivity index (χ1) is 22.6. The molecule has 3 atom stereocenters. The van der Waals surface area contributed by atoms with Crippen LogP contribution in [0.25, 0.3) is 22.0 Å². The number of halogens is 3. The largest absolute Gasteiger partial charge is 0.494 e. The summed E-state index contributed by atoms with van der Waals surface area (Å²) in [5, 5.41) is 17.7. The van der Waals surface area contributed by atoms with E-state index in [1.54, 1.807) is 13.3 Å². The van der Waals surface area contributed by atoms with Gasteiger partial charge in [0.15, 0.2) is 5.82 Å². The number of aliphatic hydroxyl groups is 1. The average Bonchev–Trinajstić information content (AvgIpc) is 3.65. The summed E-state index contributed by atoms with van der Waals surface area (Å²) in [6.07, 6.45) is 4.39. The molecule has 0 amide bonds.